The monoisotopic (exact) mass is 257 g/mol. The summed E-state index contributed by atoms with van der Waals surface area (Å²) in [7, 11) is 3.36. The van der Waals surface area contributed by atoms with Gasteiger partial charge in [-0.2, -0.15) is 0 Å². The van der Waals surface area contributed by atoms with E-state index in [2.05, 4.69) is 0 Å². The Hall–Kier alpha value is -1.14. The topological polar surface area (TPSA) is 75.9 Å². The van der Waals surface area contributed by atoms with Crippen LogP contribution in [0, 0.1) is 0 Å². The maximum Gasteiger partial charge on any atom is 0.252 e. The van der Waals surface area contributed by atoms with Crippen molar-refractivity contribution in [2.75, 3.05) is 33.7 Å². The Labute approximate surface area is 108 Å². The molecule has 1 fully saturated rings. The number of ether oxygens (including phenoxy) is 1. The van der Waals surface area contributed by atoms with Crippen molar-refractivity contribution in [3.63, 3.8) is 0 Å². The second-order valence-electron chi connectivity index (χ2n) is 4.70. The highest BCUT2D eigenvalue weighted by molar-refractivity contribution is 5.87. The van der Waals surface area contributed by atoms with Gasteiger partial charge < -0.3 is 20.3 Å². The van der Waals surface area contributed by atoms with Crippen molar-refractivity contribution in [1.82, 2.24) is 9.80 Å². The molecule has 0 radical (unpaired) electrons. The molecule has 2 atom stereocenters. The molecule has 18 heavy (non-hydrogen) atoms. The largest absolute Gasteiger partial charge is 0.364 e. The summed E-state index contributed by atoms with van der Waals surface area (Å²) in [5, 5.41) is 0. The van der Waals surface area contributed by atoms with Crippen molar-refractivity contribution in [1.29, 1.82) is 0 Å². The predicted molar refractivity (Wildman–Crippen MR) is 67.9 cm³/mol. The number of nitrogens with two attached hydrogens (primary N) is 1. The summed E-state index contributed by atoms with van der Waals surface area (Å²) in [6.45, 7) is 2.91. The van der Waals surface area contributed by atoms with Crippen molar-refractivity contribution in [3.8, 4) is 0 Å². The first kappa shape index (κ1) is 14.9. The molecule has 0 aromatic heterocycles. The number of carbonyl (C=O) groups excluding carboxylic acids is 2. The maximum atomic E-state index is 12.2. The van der Waals surface area contributed by atoms with E-state index in [4.69, 9.17) is 10.5 Å². The fourth-order valence-electron chi connectivity index (χ4n) is 1.91. The molecule has 1 aliphatic heterocycles. The lowest BCUT2D eigenvalue weighted by atomic mass is 10.2. The number of hydrogen-bond donors (Lipinski definition) is 1. The van der Waals surface area contributed by atoms with Crippen LogP contribution in [0.2, 0.25) is 0 Å². The zero-order valence-electron chi connectivity index (χ0n) is 11.4. The minimum Gasteiger partial charge on any atom is -0.364 e. The lowest BCUT2D eigenvalue weighted by molar-refractivity contribution is -0.146. The highest BCUT2D eigenvalue weighted by atomic mass is 16.5. The molecule has 104 valence electrons. The van der Waals surface area contributed by atoms with Gasteiger partial charge in [-0.05, 0) is 19.8 Å². The molecular weight excluding hydrogens is 234 g/mol. The number of nitrogens with zero attached hydrogens (tertiary/aromatic N) is 2. The predicted octanol–water partition coefficient (Wildman–Crippen LogP) is -0.571. The molecule has 6 nitrogen and oxygen atoms in total. The molecule has 1 rings (SSSR count). The van der Waals surface area contributed by atoms with Crippen LogP contribution in [0.3, 0.4) is 0 Å². The van der Waals surface area contributed by atoms with Crippen LogP contribution in [0.1, 0.15) is 19.8 Å². The van der Waals surface area contributed by atoms with Crippen LogP contribution in [0.25, 0.3) is 0 Å². The zero-order chi connectivity index (χ0) is 13.7. The van der Waals surface area contributed by atoms with Gasteiger partial charge in [0, 0.05) is 27.2 Å². The third-order valence-electron chi connectivity index (χ3n) is 3.16. The summed E-state index contributed by atoms with van der Waals surface area (Å²) >= 11 is 0. The summed E-state index contributed by atoms with van der Waals surface area (Å²) in [6.07, 6.45) is 1.04. The van der Waals surface area contributed by atoms with Crippen LogP contribution in [0.4, 0.5) is 0 Å². The van der Waals surface area contributed by atoms with E-state index in [9.17, 15) is 9.59 Å². The number of hydrogen-bond acceptors (Lipinski definition) is 4. The highest BCUT2D eigenvalue weighted by Crippen LogP contribution is 2.20. The molecule has 6 heteroatoms. The second-order valence-corrected chi connectivity index (χ2v) is 4.70. The fraction of sp³-hybridized carbons (Fsp3) is 0.833. The Morgan fingerprint density at radius 1 is 1.33 bits per heavy atom. The van der Waals surface area contributed by atoms with Crippen molar-refractivity contribution in [2.24, 2.45) is 5.73 Å². The molecule has 0 aromatic carbocycles. The molecule has 2 N–H and O–H groups in total. The number of carbonyl (C=O) groups is 2. The van der Waals surface area contributed by atoms with Crippen LogP contribution in [0.5, 0.6) is 0 Å². The van der Waals surface area contributed by atoms with E-state index in [0.717, 1.165) is 6.42 Å². The van der Waals surface area contributed by atoms with E-state index in [1.54, 1.807) is 14.1 Å². The first-order valence-corrected chi connectivity index (χ1v) is 6.34. The minimum absolute atomic E-state index is 0.0257. The molecular formula is C12H23N3O3. The van der Waals surface area contributed by atoms with Gasteiger partial charge in [0.25, 0.3) is 5.91 Å². The average Bonchev–Trinajstić information content (AvgIpc) is 2.83. The lowest BCUT2D eigenvalue weighted by Crippen LogP contribution is -2.44. The van der Waals surface area contributed by atoms with E-state index in [-0.39, 0.29) is 24.5 Å². The van der Waals surface area contributed by atoms with Crippen molar-refractivity contribution < 1.29 is 14.3 Å². The Kier molecular flexibility index (Phi) is 5.55. The van der Waals surface area contributed by atoms with E-state index in [1.807, 2.05) is 6.92 Å². The van der Waals surface area contributed by atoms with Gasteiger partial charge in [0.05, 0.1) is 12.6 Å². The first-order chi connectivity index (χ1) is 8.49. The van der Waals surface area contributed by atoms with E-state index in [0.29, 0.717) is 19.5 Å². The highest BCUT2D eigenvalue weighted by Gasteiger charge is 2.33. The smallest absolute Gasteiger partial charge is 0.252 e. The van der Waals surface area contributed by atoms with Crippen LogP contribution in [0.15, 0.2) is 0 Å². The molecule has 1 aliphatic rings. The van der Waals surface area contributed by atoms with Gasteiger partial charge in [0.2, 0.25) is 5.91 Å². The maximum absolute atomic E-state index is 12.2. The van der Waals surface area contributed by atoms with Gasteiger partial charge in [-0.15, -0.1) is 0 Å². The molecule has 0 spiro atoms. The molecule has 0 saturated carbocycles. The van der Waals surface area contributed by atoms with Crippen LogP contribution in [-0.2, 0) is 14.3 Å². The number of likely N-dealkylation sites (N-methyl/N-ethyl adjacent to an activating group) is 2. The van der Waals surface area contributed by atoms with Crippen molar-refractivity contribution >= 4 is 11.8 Å². The third kappa shape index (κ3) is 3.68. The number of rotatable bonds is 5. The molecule has 0 aliphatic carbocycles. The Morgan fingerprint density at radius 3 is 2.44 bits per heavy atom. The van der Waals surface area contributed by atoms with Gasteiger partial charge in [0.1, 0.15) is 6.10 Å². The second kappa shape index (κ2) is 6.70. The van der Waals surface area contributed by atoms with Crippen molar-refractivity contribution in [2.45, 2.75) is 32.0 Å². The molecule has 2 unspecified atom stereocenters. The Balaban J connectivity index is 2.55. The van der Waals surface area contributed by atoms with Gasteiger partial charge in [0.15, 0.2) is 0 Å². The SMILES string of the molecule is CCN(CC(=O)N(C)C)C(=O)C1CCC(CN)O1. The van der Waals surface area contributed by atoms with E-state index >= 15 is 0 Å². The van der Waals surface area contributed by atoms with Gasteiger partial charge in [-0.3, -0.25) is 9.59 Å². The molecule has 0 aromatic rings. The standard InChI is InChI=1S/C12H23N3O3/c1-4-15(8-11(16)14(2)3)12(17)10-6-5-9(7-13)18-10/h9-10H,4-8,13H2,1-3H3. The average molecular weight is 257 g/mol. The summed E-state index contributed by atoms with van der Waals surface area (Å²) < 4.78 is 5.56. The Morgan fingerprint density at radius 2 is 2.00 bits per heavy atom. The minimum atomic E-state index is -0.437. The van der Waals surface area contributed by atoms with Crippen LogP contribution >= 0.6 is 0 Å². The zero-order valence-corrected chi connectivity index (χ0v) is 11.4. The van der Waals surface area contributed by atoms with Crippen molar-refractivity contribution in [3.05, 3.63) is 0 Å². The van der Waals surface area contributed by atoms with Crippen LogP contribution < -0.4 is 5.73 Å². The van der Waals surface area contributed by atoms with Crippen LogP contribution in [-0.4, -0.2) is 67.6 Å². The van der Waals surface area contributed by atoms with E-state index in [1.165, 1.54) is 9.80 Å². The first-order valence-electron chi connectivity index (χ1n) is 6.34. The molecule has 1 heterocycles. The summed E-state index contributed by atoms with van der Waals surface area (Å²) in [4.78, 5) is 26.8. The lowest BCUT2D eigenvalue weighted by Gasteiger charge is -2.25. The van der Waals surface area contributed by atoms with Gasteiger partial charge >= 0.3 is 0 Å². The third-order valence-corrected chi connectivity index (χ3v) is 3.16. The number of amides is 2. The summed E-state index contributed by atoms with van der Waals surface area (Å²) in [5.41, 5.74) is 5.51. The fourth-order valence-corrected chi connectivity index (χ4v) is 1.91. The summed E-state index contributed by atoms with van der Waals surface area (Å²) in [6, 6.07) is 0. The molecule has 1 saturated heterocycles. The normalized spacial score (nSPS) is 22.9. The summed E-state index contributed by atoms with van der Waals surface area (Å²) in [5.74, 6) is -0.192. The molecule has 2 amide bonds. The quantitative estimate of drug-likeness (QED) is 0.715. The van der Waals surface area contributed by atoms with Gasteiger partial charge in [-0.25, -0.2) is 0 Å². The van der Waals surface area contributed by atoms with Gasteiger partial charge in [-0.1, -0.05) is 0 Å². The van der Waals surface area contributed by atoms with E-state index < -0.39 is 6.10 Å². The molecule has 0 bridgehead atoms. The Bertz CT molecular complexity index is 307.